The molecule has 0 saturated carbocycles. The van der Waals surface area contributed by atoms with Crippen molar-refractivity contribution in [2.75, 3.05) is 13.7 Å². The number of hydrogen-bond donors (Lipinski definition) is 1. The molecule has 0 fully saturated rings. The van der Waals surface area contributed by atoms with Gasteiger partial charge in [0.05, 0.1) is 18.6 Å². The van der Waals surface area contributed by atoms with Crippen LogP contribution in [0.3, 0.4) is 0 Å². The van der Waals surface area contributed by atoms with Crippen LogP contribution in [0, 0.1) is 10.1 Å². The summed E-state index contributed by atoms with van der Waals surface area (Å²) in [6.07, 6.45) is 0.447. The van der Waals surface area contributed by atoms with Gasteiger partial charge >= 0.3 is 0 Å². The summed E-state index contributed by atoms with van der Waals surface area (Å²) in [7, 11) is 1.59. The van der Waals surface area contributed by atoms with Crippen LogP contribution in [0.25, 0.3) is 22.0 Å². The number of rotatable bonds is 7. The van der Waals surface area contributed by atoms with Crippen molar-refractivity contribution in [1.29, 1.82) is 0 Å². The van der Waals surface area contributed by atoms with E-state index in [1.54, 1.807) is 13.2 Å². The average Bonchev–Trinajstić information content (AvgIpc) is 3.04. The van der Waals surface area contributed by atoms with Crippen molar-refractivity contribution < 1.29 is 19.2 Å². The Labute approximate surface area is 143 Å². The van der Waals surface area contributed by atoms with Gasteiger partial charge in [0, 0.05) is 23.6 Å². The Morgan fingerprint density at radius 3 is 2.80 bits per heavy atom. The largest absolute Gasteiger partial charge is 0.497 e. The molecule has 7 nitrogen and oxygen atoms in total. The van der Waals surface area contributed by atoms with Gasteiger partial charge in [0.2, 0.25) is 0 Å². The first-order valence-corrected chi connectivity index (χ1v) is 7.62. The lowest BCUT2D eigenvalue weighted by atomic mass is 10.0. The third-order valence-electron chi connectivity index (χ3n) is 3.96. The molecule has 0 aliphatic rings. The minimum atomic E-state index is -0.417. The van der Waals surface area contributed by atoms with Crippen LogP contribution in [0.1, 0.15) is 5.69 Å². The molecule has 128 valence electrons. The van der Waals surface area contributed by atoms with Crippen LogP contribution in [-0.2, 0) is 16.0 Å². The van der Waals surface area contributed by atoms with E-state index >= 15 is 0 Å². The van der Waals surface area contributed by atoms with Gasteiger partial charge in [-0.15, -0.1) is 0 Å². The van der Waals surface area contributed by atoms with Crippen molar-refractivity contribution in [3.05, 3.63) is 58.3 Å². The van der Waals surface area contributed by atoms with Crippen molar-refractivity contribution in [2.24, 2.45) is 0 Å². The molecule has 3 aromatic rings. The molecule has 0 aliphatic heterocycles. The number of ether oxygens (including phenoxy) is 2. The Bertz CT molecular complexity index is 932. The van der Waals surface area contributed by atoms with E-state index < -0.39 is 4.92 Å². The molecule has 1 aromatic heterocycles. The first kappa shape index (κ1) is 16.5. The van der Waals surface area contributed by atoms with E-state index in [2.05, 4.69) is 4.98 Å². The van der Waals surface area contributed by atoms with Crippen LogP contribution in [0.15, 0.2) is 42.5 Å². The highest BCUT2D eigenvalue weighted by molar-refractivity contribution is 6.00. The first-order chi connectivity index (χ1) is 12.1. The molecule has 25 heavy (non-hydrogen) atoms. The summed E-state index contributed by atoms with van der Waals surface area (Å²) in [5.41, 5.74) is 2.97. The number of fused-ring (bicyclic) bond motifs is 1. The number of non-ortho nitro benzene ring substituents is 1. The maximum atomic E-state index is 11.3. The van der Waals surface area contributed by atoms with Gasteiger partial charge in [-0.05, 0) is 35.4 Å². The summed E-state index contributed by atoms with van der Waals surface area (Å²) in [6.45, 7) is 0.589. The minimum Gasteiger partial charge on any atom is -0.497 e. The maximum Gasteiger partial charge on any atom is 0.293 e. The van der Waals surface area contributed by atoms with Gasteiger partial charge < -0.3 is 14.5 Å². The number of nitro groups is 1. The van der Waals surface area contributed by atoms with Crippen LogP contribution < -0.4 is 4.74 Å². The number of nitrogens with one attached hydrogen (secondary N) is 1. The van der Waals surface area contributed by atoms with E-state index in [-0.39, 0.29) is 12.3 Å². The predicted octanol–water partition coefficient (Wildman–Crippen LogP) is 3.47. The molecule has 2 aromatic carbocycles. The van der Waals surface area contributed by atoms with Crippen molar-refractivity contribution in [3.8, 4) is 16.9 Å². The van der Waals surface area contributed by atoms with E-state index in [1.165, 1.54) is 6.07 Å². The van der Waals surface area contributed by atoms with Gasteiger partial charge in [-0.3, -0.25) is 14.9 Å². The highest BCUT2D eigenvalue weighted by atomic mass is 16.6. The molecule has 0 amide bonds. The fraction of sp³-hybridized carbons (Fsp3) is 0.167. The molecule has 0 atom stereocenters. The van der Waals surface area contributed by atoms with Crippen molar-refractivity contribution >= 4 is 23.1 Å². The zero-order valence-corrected chi connectivity index (χ0v) is 13.5. The molecule has 0 spiro atoms. The number of nitrogens with zero attached hydrogens (tertiary/aromatic N) is 1. The number of aromatic amines is 1. The summed E-state index contributed by atoms with van der Waals surface area (Å²) in [4.78, 5) is 24.3. The molecular formula is C18H16N2O5. The maximum absolute atomic E-state index is 11.3. The van der Waals surface area contributed by atoms with Crippen molar-refractivity contribution in [1.82, 2.24) is 4.98 Å². The van der Waals surface area contributed by atoms with E-state index in [0.29, 0.717) is 24.2 Å². The second-order valence-electron chi connectivity index (χ2n) is 5.42. The van der Waals surface area contributed by atoms with Crippen LogP contribution >= 0.6 is 0 Å². The van der Waals surface area contributed by atoms with Gasteiger partial charge in [-0.1, -0.05) is 12.1 Å². The SMILES string of the molecule is COc1cccc(-c2ccc([N+](=O)[O-])c3[nH]c(CCOC=O)cc23)c1. The summed E-state index contributed by atoms with van der Waals surface area (Å²) in [6, 6.07) is 12.6. The lowest BCUT2D eigenvalue weighted by Crippen LogP contribution is -1.96. The average molecular weight is 340 g/mol. The Morgan fingerprint density at radius 1 is 1.24 bits per heavy atom. The lowest BCUT2D eigenvalue weighted by Gasteiger charge is -2.06. The molecule has 0 radical (unpaired) electrons. The zero-order chi connectivity index (χ0) is 17.8. The first-order valence-electron chi connectivity index (χ1n) is 7.62. The van der Waals surface area contributed by atoms with E-state index in [1.807, 2.05) is 30.3 Å². The van der Waals surface area contributed by atoms with E-state index in [4.69, 9.17) is 9.47 Å². The highest BCUT2D eigenvalue weighted by Gasteiger charge is 2.18. The summed E-state index contributed by atoms with van der Waals surface area (Å²) < 4.78 is 9.96. The fourth-order valence-corrected chi connectivity index (χ4v) is 2.81. The third-order valence-corrected chi connectivity index (χ3v) is 3.96. The van der Waals surface area contributed by atoms with Gasteiger partial charge in [-0.2, -0.15) is 0 Å². The monoisotopic (exact) mass is 340 g/mol. The zero-order valence-electron chi connectivity index (χ0n) is 13.5. The summed E-state index contributed by atoms with van der Waals surface area (Å²) in [5.74, 6) is 0.708. The molecule has 1 N–H and O–H groups in total. The van der Waals surface area contributed by atoms with Gasteiger partial charge in [0.25, 0.3) is 12.2 Å². The van der Waals surface area contributed by atoms with Crippen LogP contribution in [0.5, 0.6) is 5.75 Å². The van der Waals surface area contributed by atoms with Crippen molar-refractivity contribution in [2.45, 2.75) is 6.42 Å². The summed E-state index contributed by atoms with van der Waals surface area (Å²) >= 11 is 0. The minimum absolute atomic E-state index is 0.00389. The Hall–Kier alpha value is -3.35. The molecular weight excluding hydrogens is 324 g/mol. The Kier molecular flexibility index (Phi) is 4.65. The number of methoxy groups -OCH3 is 1. The van der Waals surface area contributed by atoms with E-state index in [0.717, 1.165) is 22.2 Å². The number of benzene rings is 2. The predicted molar refractivity (Wildman–Crippen MR) is 92.7 cm³/mol. The van der Waals surface area contributed by atoms with E-state index in [9.17, 15) is 14.9 Å². The Morgan fingerprint density at radius 2 is 2.08 bits per heavy atom. The second kappa shape index (κ2) is 7.04. The van der Waals surface area contributed by atoms with Gasteiger partial charge in [0.15, 0.2) is 0 Å². The number of carbonyl (C=O) groups excluding carboxylic acids is 1. The number of hydrogen-bond acceptors (Lipinski definition) is 5. The molecule has 0 unspecified atom stereocenters. The third kappa shape index (κ3) is 3.30. The quantitative estimate of drug-likeness (QED) is 0.307. The Balaban J connectivity index is 2.13. The van der Waals surface area contributed by atoms with Crippen LogP contribution in [0.2, 0.25) is 0 Å². The second-order valence-corrected chi connectivity index (χ2v) is 5.42. The van der Waals surface area contributed by atoms with Crippen LogP contribution in [0.4, 0.5) is 5.69 Å². The number of carbonyl (C=O) groups is 1. The number of H-pyrrole nitrogens is 1. The van der Waals surface area contributed by atoms with Gasteiger partial charge in [-0.25, -0.2) is 0 Å². The molecule has 1 heterocycles. The standard InChI is InChI=1S/C18H16N2O5/c1-24-14-4-2-3-12(9-14)15-5-6-17(20(22)23)18-16(15)10-13(19-18)7-8-25-11-21/h2-6,9-11,19H,7-8H2,1H3. The molecule has 0 saturated heterocycles. The highest BCUT2D eigenvalue weighted by Crippen LogP contribution is 2.35. The summed E-state index contributed by atoms with van der Waals surface area (Å²) in [5, 5.41) is 12.1. The number of nitro benzene ring substituents is 1. The lowest BCUT2D eigenvalue weighted by molar-refractivity contribution is -0.383. The normalized spacial score (nSPS) is 10.6. The van der Waals surface area contributed by atoms with Gasteiger partial charge in [0.1, 0.15) is 11.3 Å². The molecule has 0 aliphatic carbocycles. The molecule has 3 rings (SSSR count). The smallest absolute Gasteiger partial charge is 0.293 e. The fourth-order valence-electron chi connectivity index (χ4n) is 2.81. The molecule has 0 bridgehead atoms. The number of aromatic nitrogens is 1. The van der Waals surface area contributed by atoms with Crippen molar-refractivity contribution in [3.63, 3.8) is 0 Å². The van der Waals surface area contributed by atoms with Crippen LogP contribution in [-0.4, -0.2) is 30.1 Å². The topological polar surface area (TPSA) is 94.5 Å². The molecule has 7 heteroatoms.